The number of nitrogens with one attached hydrogen (secondary N) is 1. The Morgan fingerprint density at radius 2 is 2.25 bits per heavy atom. The lowest BCUT2D eigenvalue weighted by atomic mass is 9.98. The Morgan fingerprint density at radius 3 is 2.94 bits per heavy atom. The molecular formula is C12H23N3O. The van der Waals surface area contributed by atoms with Crippen molar-refractivity contribution < 1.29 is 4.79 Å². The molecule has 4 nitrogen and oxygen atoms in total. The van der Waals surface area contributed by atoms with Gasteiger partial charge in [0.05, 0.1) is 6.04 Å². The Bertz CT molecular complexity index is 257. The van der Waals surface area contributed by atoms with Crippen molar-refractivity contribution in [1.82, 2.24) is 10.2 Å². The summed E-state index contributed by atoms with van der Waals surface area (Å²) in [7, 11) is 0. The Balaban J connectivity index is 1.92. The van der Waals surface area contributed by atoms with Crippen molar-refractivity contribution in [2.24, 2.45) is 5.73 Å². The van der Waals surface area contributed by atoms with Crippen LogP contribution in [0.2, 0.25) is 0 Å². The minimum atomic E-state index is -0.211. The molecule has 3 N–H and O–H groups in total. The van der Waals surface area contributed by atoms with Gasteiger partial charge in [-0.25, -0.2) is 0 Å². The predicted molar refractivity (Wildman–Crippen MR) is 64.0 cm³/mol. The highest BCUT2D eigenvalue weighted by Gasteiger charge is 2.36. The first-order valence-corrected chi connectivity index (χ1v) is 6.51. The monoisotopic (exact) mass is 225 g/mol. The van der Waals surface area contributed by atoms with Gasteiger partial charge in [0.1, 0.15) is 0 Å². The van der Waals surface area contributed by atoms with Crippen molar-refractivity contribution in [3.05, 3.63) is 0 Å². The summed E-state index contributed by atoms with van der Waals surface area (Å²) >= 11 is 0. The van der Waals surface area contributed by atoms with Crippen LogP contribution in [0.15, 0.2) is 0 Å². The molecule has 0 aromatic heterocycles. The molecule has 2 rings (SSSR count). The second-order valence-electron chi connectivity index (χ2n) is 5.02. The number of hydrogen-bond donors (Lipinski definition) is 2. The highest BCUT2D eigenvalue weighted by Crippen LogP contribution is 2.27. The second kappa shape index (κ2) is 5.15. The molecule has 0 spiro atoms. The molecular weight excluding hydrogens is 202 g/mol. The summed E-state index contributed by atoms with van der Waals surface area (Å²) in [5, 5.41) is 3.45. The van der Waals surface area contributed by atoms with Crippen LogP contribution in [0.5, 0.6) is 0 Å². The Kier molecular flexibility index (Phi) is 3.82. The first-order chi connectivity index (χ1) is 7.72. The van der Waals surface area contributed by atoms with E-state index in [0.29, 0.717) is 12.1 Å². The van der Waals surface area contributed by atoms with Gasteiger partial charge < -0.3 is 11.1 Å². The van der Waals surface area contributed by atoms with Crippen molar-refractivity contribution in [3.8, 4) is 0 Å². The van der Waals surface area contributed by atoms with Gasteiger partial charge in [0, 0.05) is 18.6 Å². The number of piperidine rings is 1. The van der Waals surface area contributed by atoms with E-state index in [1.807, 2.05) is 6.92 Å². The van der Waals surface area contributed by atoms with Crippen LogP contribution in [0.4, 0.5) is 0 Å². The first kappa shape index (κ1) is 11.9. The van der Waals surface area contributed by atoms with Gasteiger partial charge in [0.15, 0.2) is 0 Å². The zero-order chi connectivity index (χ0) is 11.5. The predicted octanol–water partition coefficient (Wildman–Crippen LogP) is 0.467. The molecule has 0 aromatic carbocycles. The fraction of sp³-hybridized carbons (Fsp3) is 0.917. The molecule has 2 fully saturated rings. The number of fused-ring (bicyclic) bond motifs is 1. The number of carbonyl (C=O) groups excluding carboxylic acids is 1. The van der Waals surface area contributed by atoms with Gasteiger partial charge in [-0.2, -0.15) is 0 Å². The standard InChI is InChI=1S/C12H23N3O/c1-2-9(12(13)16)14-10-6-8-15-7-4-3-5-11(10)15/h9-11,14H,2-8H2,1H3,(H2,13,16). The topological polar surface area (TPSA) is 58.4 Å². The van der Waals surface area contributed by atoms with E-state index >= 15 is 0 Å². The number of carbonyl (C=O) groups is 1. The van der Waals surface area contributed by atoms with E-state index in [-0.39, 0.29) is 11.9 Å². The van der Waals surface area contributed by atoms with Crippen LogP contribution in [0.3, 0.4) is 0 Å². The van der Waals surface area contributed by atoms with Crippen LogP contribution in [0, 0.1) is 0 Å². The largest absolute Gasteiger partial charge is 0.368 e. The molecule has 0 saturated carbocycles. The molecule has 16 heavy (non-hydrogen) atoms. The average Bonchev–Trinajstić information content (AvgIpc) is 2.69. The summed E-state index contributed by atoms with van der Waals surface area (Å²) in [6.07, 6.45) is 5.88. The SMILES string of the molecule is CCC(NC1CCN2CCCCC12)C(N)=O. The maximum Gasteiger partial charge on any atom is 0.234 e. The highest BCUT2D eigenvalue weighted by molar-refractivity contribution is 5.79. The van der Waals surface area contributed by atoms with Crippen molar-refractivity contribution in [3.63, 3.8) is 0 Å². The lowest BCUT2D eigenvalue weighted by molar-refractivity contribution is -0.120. The summed E-state index contributed by atoms with van der Waals surface area (Å²) in [6.45, 7) is 4.42. The van der Waals surface area contributed by atoms with Crippen molar-refractivity contribution in [2.45, 2.75) is 57.2 Å². The van der Waals surface area contributed by atoms with Crippen molar-refractivity contribution in [2.75, 3.05) is 13.1 Å². The van der Waals surface area contributed by atoms with E-state index in [1.54, 1.807) is 0 Å². The zero-order valence-electron chi connectivity index (χ0n) is 10.1. The maximum atomic E-state index is 11.2. The van der Waals surface area contributed by atoms with Crippen molar-refractivity contribution in [1.29, 1.82) is 0 Å². The molecule has 2 aliphatic rings. The van der Waals surface area contributed by atoms with Crippen LogP contribution in [-0.2, 0) is 4.79 Å². The smallest absolute Gasteiger partial charge is 0.234 e. The van der Waals surface area contributed by atoms with Crippen LogP contribution >= 0.6 is 0 Å². The Morgan fingerprint density at radius 1 is 1.44 bits per heavy atom. The molecule has 2 heterocycles. The fourth-order valence-electron chi connectivity index (χ4n) is 3.10. The van der Waals surface area contributed by atoms with Gasteiger partial charge in [0.2, 0.25) is 5.91 Å². The normalized spacial score (nSPS) is 32.3. The highest BCUT2D eigenvalue weighted by atomic mass is 16.1. The summed E-state index contributed by atoms with van der Waals surface area (Å²) in [6, 6.07) is 0.965. The van der Waals surface area contributed by atoms with E-state index in [4.69, 9.17) is 5.73 Å². The second-order valence-corrected chi connectivity index (χ2v) is 5.02. The van der Waals surface area contributed by atoms with Crippen LogP contribution < -0.4 is 11.1 Å². The van der Waals surface area contributed by atoms with Gasteiger partial charge in [-0.1, -0.05) is 13.3 Å². The molecule has 0 bridgehead atoms. The number of hydrogen-bond acceptors (Lipinski definition) is 3. The van der Waals surface area contributed by atoms with E-state index < -0.39 is 0 Å². The van der Waals surface area contributed by atoms with E-state index in [1.165, 1.54) is 32.4 Å². The van der Waals surface area contributed by atoms with Gasteiger partial charge in [-0.3, -0.25) is 9.69 Å². The number of amides is 1. The van der Waals surface area contributed by atoms with E-state index in [0.717, 1.165) is 12.8 Å². The number of nitrogens with zero attached hydrogens (tertiary/aromatic N) is 1. The molecule has 2 saturated heterocycles. The summed E-state index contributed by atoms with van der Waals surface area (Å²) in [5.41, 5.74) is 5.38. The summed E-state index contributed by atoms with van der Waals surface area (Å²) in [4.78, 5) is 13.8. The van der Waals surface area contributed by atoms with Gasteiger partial charge in [-0.05, 0) is 32.2 Å². The van der Waals surface area contributed by atoms with Crippen LogP contribution in [-0.4, -0.2) is 42.0 Å². The molecule has 0 radical (unpaired) electrons. The quantitative estimate of drug-likeness (QED) is 0.731. The molecule has 3 atom stereocenters. The molecule has 0 aromatic rings. The minimum Gasteiger partial charge on any atom is -0.368 e. The average molecular weight is 225 g/mol. The summed E-state index contributed by atoms with van der Waals surface area (Å²) in [5.74, 6) is -0.211. The Hall–Kier alpha value is -0.610. The molecule has 4 heteroatoms. The van der Waals surface area contributed by atoms with E-state index in [2.05, 4.69) is 10.2 Å². The third-order valence-electron chi connectivity index (χ3n) is 4.02. The number of primary amides is 1. The molecule has 0 aliphatic carbocycles. The Labute approximate surface area is 97.6 Å². The maximum absolute atomic E-state index is 11.2. The molecule has 2 aliphatic heterocycles. The minimum absolute atomic E-state index is 0.146. The number of nitrogens with two attached hydrogens (primary N) is 1. The van der Waals surface area contributed by atoms with Gasteiger partial charge in [-0.15, -0.1) is 0 Å². The third-order valence-corrected chi connectivity index (χ3v) is 4.02. The van der Waals surface area contributed by atoms with Gasteiger partial charge in [0.25, 0.3) is 0 Å². The number of rotatable bonds is 4. The van der Waals surface area contributed by atoms with Crippen molar-refractivity contribution >= 4 is 5.91 Å². The van der Waals surface area contributed by atoms with E-state index in [9.17, 15) is 4.79 Å². The van der Waals surface area contributed by atoms with Gasteiger partial charge >= 0.3 is 0 Å². The van der Waals surface area contributed by atoms with Crippen LogP contribution in [0.1, 0.15) is 39.0 Å². The molecule has 3 unspecified atom stereocenters. The first-order valence-electron chi connectivity index (χ1n) is 6.51. The molecule has 92 valence electrons. The van der Waals surface area contributed by atoms with Crippen LogP contribution in [0.25, 0.3) is 0 Å². The lowest BCUT2D eigenvalue weighted by Gasteiger charge is -2.33. The molecule has 1 amide bonds. The lowest BCUT2D eigenvalue weighted by Crippen LogP contribution is -2.51. The fourth-order valence-corrected chi connectivity index (χ4v) is 3.10. The zero-order valence-corrected chi connectivity index (χ0v) is 10.1. The summed E-state index contributed by atoms with van der Waals surface area (Å²) < 4.78 is 0. The third kappa shape index (κ3) is 2.38.